The second-order valence-corrected chi connectivity index (χ2v) is 4.75. The van der Waals surface area contributed by atoms with E-state index in [-0.39, 0.29) is 11.4 Å². The zero-order valence-corrected chi connectivity index (χ0v) is 11.4. The standard InChI is InChI=1S/C15H17FN2O/c1-4-5-13-17-14(10(3)15(19)18-13)11-6-9(2)7-12(16)8-11/h6-8H,4-5H2,1-3H3,(H,17,18,19). The molecule has 100 valence electrons. The molecular formula is C15H17FN2O. The largest absolute Gasteiger partial charge is 0.310 e. The Morgan fingerprint density at radius 2 is 2.00 bits per heavy atom. The van der Waals surface area contributed by atoms with Gasteiger partial charge in [0.2, 0.25) is 0 Å². The smallest absolute Gasteiger partial charge is 0.254 e. The van der Waals surface area contributed by atoms with Crippen LogP contribution in [0.1, 0.15) is 30.3 Å². The predicted molar refractivity (Wildman–Crippen MR) is 73.7 cm³/mol. The number of aryl methyl sites for hydroxylation is 2. The summed E-state index contributed by atoms with van der Waals surface area (Å²) < 4.78 is 13.5. The lowest BCUT2D eigenvalue weighted by molar-refractivity contribution is 0.627. The minimum atomic E-state index is -0.312. The van der Waals surface area contributed by atoms with Crippen LogP contribution in [0.5, 0.6) is 0 Å². The van der Waals surface area contributed by atoms with E-state index >= 15 is 0 Å². The van der Waals surface area contributed by atoms with Crippen molar-refractivity contribution in [1.82, 2.24) is 9.97 Å². The fraction of sp³-hybridized carbons (Fsp3) is 0.333. The van der Waals surface area contributed by atoms with Crippen molar-refractivity contribution in [2.45, 2.75) is 33.6 Å². The maximum atomic E-state index is 13.5. The number of hydrogen-bond acceptors (Lipinski definition) is 2. The lowest BCUT2D eigenvalue weighted by Crippen LogP contribution is -2.16. The molecule has 0 spiro atoms. The molecule has 1 aromatic carbocycles. The fourth-order valence-corrected chi connectivity index (χ4v) is 2.09. The summed E-state index contributed by atoms with van der Waals surface area (Å²) in [6, 6.07) is 4.71. The number of hydrogen-bond donors (Lipinski definition) is 1. The molecule has 0 radical (unpaired) electrons. The molecule has 0 aliphatic rings. The van der Waals surface area contributed by atoms with E-state index in [1.54, 1.807) is 6.92 Å². The molecule has 0 saturated heterocycles. The van der Waals surface area contributed by atoms with Crippen molar-refractivity contribution in [3.63, 3.8) is 0 Å². The first-order valence-electron chi connectivity index (χ1n) is 6.38. The second-order valence-electron chi connectivity index (χ2n) is 4.75. The normalized spacial score (nSPS) is 10.7. The Morgan fingerprint density at radius 3 is 2.63 bits per heavy atom. The monoisotopic (exact) mass is 260 g/mol. The van der Waals surface area contributed by atoms with Gasteiger partial charge in [0, 0.05) is 17.5 Å². The molecule has 0 aliphatic carbocycles. The van der Waals surface area contributed by atoms with Crippen molar-refractivity contribution in [2.24, 2.45) is 0 Å². The van der Waals surface area contributed by atoms with Gasteiger partial charge in [0.1, 0.15) is 11.6 Å². The summed E-state index contributed by atoms with van der Waals surface area (Å²) >= 11 is 0. The summed E-state index contributed by atoms with van der Waals surface area (Å²) in [6.45, 7) is 5.55. The average Bonchev–Trinajstić information content (AvgIpc) is 2.32. The van der Waals surface area contributed by atoms with Gasteiger partial charge in [0.25, 0.3) is 5.56 Å². The molecular weight excluding hydrogens is 243 g/mol. The van der Waals surface area contributed by atoms with Crippen LogP contribution in [0, 0.1) is 19.7 Å². The van der Waals surface area contributed by atoms with E-state index in [4.69, 9.17) is 0 Å². The van der Waals surface area contributed by atoms with Gasteiger partial charge in [-0.1, -0.05) is 6.92 Å². The van der Waals surface area contributed by atoms with E-state index < -0.39 is 0 Å². The molecule has 0 unspecified atom stereocenters. The molecule has 0 saturated carbocycles. The van der Waals surface area contributed by atoms with Crippen molar-refractivity contribution in [3.05, 3.63) is 51.3 Å². The SMILES string of the molecule is CCCc1nc(-c2cc(C)cc(F)c2)c(C)c(=O)[nH]1. The topological polar surface area (TPSA) is 45.8 Å². The van der Waals surface area contributed by atoms with Crippen LogP contribution in [0.3, 0.4) is 0 Å². The first-order valence-corrected chi connectivity index (χ1v) is 6.38. The average molecular weight is 260 g/mol. The van der Waals surface area contributed by atoms with Crippen LogP contribution in [0.4, 0.5) is 4.39 Å². The number of aromatic amines is 1. The van der Waals surface area contributed by atoms with Gasteiger partial charge in [-0.15, -0.1) is 0 Å². The molecule has 0 bridgehead atoms. The van der Waals surface area contributed by atoms with Gasteiger partial charge in [-0.2, -0.15) is 0 Å². The van der Waals surface area contributed by atoms with Crippen LogP contribution in [0.15, 0.2) is 23.0 Å². The summed E-state index contributed by atoms with van der Waals surface area (Å²) in [7, 11) is 0. The molecule has 2 rings (SSSR count). The highest BCUT2D eigenvalue weighted by atomic mass is 19.1. The number of benzene rings is 1. The zero-order chi connectivity index (χ0) is 14.0. The van der Waals surface area contributed by atoms with Gasteiger partial charge in [-0.05, 0) is 44.0 Å². The van der Waals surface area contributed by atoms with Crippen molar-refractivity contribution in [3.8, 4) is 11.3 Å². The third-order valence-corrected chi connectivity index (χ3v) is 3.00. The number of rotatable bonds is 3. The molecule has 1 heterocycles. The van der Waals surface area contributed by atoms with E-state index in [0.717, 1.165) is 12.0 Å². The first kappa shape index (κ1) is 13.5. The third-order valence-electron chi connectivity index (χ3n) is 3.00. The van der Waals surface area contributed by atoms with E-state index in [1.165, 1.54) is 12.1 Å². The highest BCUT2D eigenvalue weighted by Crippen LogP contribution is 2.21. The van der Waals surface area contributed by atoms with Crippen LogP contribution in [-0.2, 0) is 6.42 Å². The molecule has 4 heteroatoms. The Hall–Kier alpha value is -1.97. The van der Waals surface area contributed by atoms with Crippen LogP contribution in [0.25, 0.3) is 11.3 Å². The maximum Gasteiger partial charge on any atom is 0.254 e. The van der Waals surface area contributed by atoms with Crippen molar-refractivity contribution in [2.75, 3.05) is 0 Å². The van der Waals surface area contributed by atoms with Crippen LogP contribution in [0.2, 0.25) is 0 Å². The van der Waals surface area contributed by atoms with Crippen molar-refractivity contribution < 1.29 is 4.39 Å². The van der Waals surface area contributed by atoms with Gasteiger partial charge in [0.15, 0.2) is 0 Å². The van der Waals surface area contributed by atoms with Crippen LogP contribution >= 0.6 is 0 Å². The summed E-state index contributed by atoms with van der Waals surface area (Å²) in [5.41, 5.74) is 2.39. The van der Waals surface area contributed by atoms with E-state index in [0.29, 0.717) is 29.1 Å². The molecule has 1 aromatic heterocycles. The Morgan fingerprint density at radius 1 is 1.26 bits per heavy atom. The lowest BCUT2D eigenvalue weighted by Gasteiger charge is -2.08. The number of nitrogens with zero attached hydrogens (tertiary/aromatic N) is 1. The van der Waals surface area contributed by atoms with Gasteiger partial charge in [0.05, 0.1) is 5.69 Å². The minimum Gasteiger partial charge on any atom is -0.310 e. The maximum absolute atomic E-state index is 13.5. The highest BCUT2D eigenvalue weighted by Gasteiger charge is 2.11. The molecule has 0 fully saturated rings. The Bertz CT molecular complexity index is 641. The number of H-pyrrole nitrogens is 1. The molecule has 0 amide bonds. The van der Waals surface area contributed by atoms with E-state index in [1.807, 2.05) is 19.9 Å². The van der Waals surface area contributed by atoms with Gasteiger partial charge in [-0.25, -0.2) is 9.37 Å². The second kappa shape index (κ2) is 5.34. The summed E-state index contributed by atoms with van der Waals surface area (Å²) in [6.07, 6.45) is 1.60. The summed E-state index contributed by atoms with van der Waals surface area (Å²) in [5, 5.41) is 0. The van der Waals surface area contributed by atoms with Gasteiger partial charge < -0.3 is 4.98 Å². The highest BCUT2D eigenvalue weighted by molar-refractivity contribution is 5.63. The van der Waals surface area contributed by atoms with Crippen LogP contribution < -0.4 is 5.56 Å². The molecule has 2 aromatic rings. The molecule has 0 atom stereocenters. The molecule has 1 N–H and O–H groups in total. The quantitative estimate of drug-likeness (QED) is 0.921. The number of aromatic nitrogens is 2. The van der Waals surface area contributed by atoms with E-state index in [9.17, 15) is 9.18 Å². The Balaban J connectivity index is 2.63. The minimum absolute atomic E-state index is 0.157. The Kier molecular flexibility index (Phi) is 3.79. The predicted octanol–water partition coefficient (Wildman–Crippen LogP) is 3.15. The van der Waals surface area contributed by atoms with Gasteiger partial charge >= 0.3 is 0 Å². The third kappa shape index (κ3) is 2.89. The molecule has 0 aliphatic heterocycles. The summed E-state index contributed by atoms with van der Waals surface area (Å²) in [4.78, 5) is 19.1. The molecule has 3 nitrogen and oxygen atoms in total. The van der Waals surface area contributed by atoms with Crippen LogP contribution in [-0.4, -0.2) is 9.97 Å². The Labute approximate surface area is 111 Å². The van der Waals surface area contributed by atoms with E-state index in [2.05, 4.69) is 9.97 Å². The zero-order valence-electron chi connectivity index (χ0n) is 11.4. The fourth-order valence-electron chi connectivity index (χ4n) is 2.09. The first-order chi connectivity index (χ1) is 9.01. The van der Waals surface area contributed by atoms with Gasteiger partial charge in [-0.3, -0.25) is 4.79 Å². The van der Waals surface area contributed by atoms with Crippen molar-refractivity contribution in [1.29, 1.82) is 0 Å². The molecule has 19 heavy (non-hydrogen) atoms. The summed E-state index contributed by atoms with van der Waals surface area (Å²) in [5.74, 6) is 0.337. The lowest BCUT2D eigenvalue weighted by atomic mass is 10.0. The number of nitrogens with one attached hydrogen (secondary N) is 1. The number of halogens is 1. The van der Waals surface area contributed by atoms with Crippen molar-refractivity contribution >= 4 is 0 Å².